The van der Waals surface area contributed by atoms with Crippen LogP contribution in [0.1, 0.15) is 39.5 Å². The lowest BCUT2D eigenvalue weighted by molar-refractivity contribution is -0.129. The molecule has 0 bridgehead atoms. The molecule has 4 heteroatoms. The zero-order chi connectivity index (χ0) is 12.2. The molecule has 3 N–H and O–H groups in total. The van der Waals surface area contributed by atoms with Gasteiger partial charge in [-0.25, -0.2) is 0 Å². The number of hydrogen-bond acceptors (Lipinski definition) is 3. The van der Waals surface area contributed by atoms with E-state index in [-0.39, 0.29) is 0 Å². The van der Waals surface area contributed by atoms with Crippen molar-refractivity contribution < 1.29 is 9.90 Å². The number of rotatable bonds is 7. The number of primary amides is 1. The molecule has 1 aliphatic rings. The fourth-order valence-corrected chi connectivity index (χ4v) is 2.87. The molecule has 0 radical (unpaired) electrons. The molecule has 1 aliphatic heterocycles. The first-order valence-corrected chi connectivity index (χ1v) is 6.23. The van der Waals surface area contributed by atoms with Crippen LogP contribution in [-0.4, -0.2) is 41.7 Å². The summed E-state index contributed by atoms with van der Waals surface area (Å²) in [5, 5.41) is 9.38. The summed E-state index contributed by atoms with van der Waals surface area (Å²) in [4.78, 5) is 12.9. The average Bonchev–Trinajstić information content (AvgIpc) is 2.15. The quantitative estimate of drug-likeness (QED) is 0.675. The van der Waals surface area contributed by atoms with Crippen LogP contribution in [0.15, 0.2) is 0 Å². The molecule has 1 rings (SSSR count). The van der Waals surface area contributed by atoms with Gasteiger partial charge in [0.2, 0.25) is 5.91 Å². The minimum atomic E-state index is -1.01. The second-order valence-corrected chi connectivity index (χ2v) is 5.09. The van der Waals surface area contributed by atoms with E-state index in [0.29, 0.717) is 12.0 Å². The second-order valence-electron chi connectivity index (χ2n) is 5.09. The molecular weight excluding hydrogens is 204 g/mol. The van der Waals surface area contributed by atoms with Gasteiger partial charge in [-0.1, -0.05) is 26.7 Å². The highest BCUT2D eigenvalue weighted by Gasteiger charge is 2.41. The molecule has 16 heavy (non-hydrogen) atoms. The predicted octanol–water partition coefficient (Wildman–Crippen LogP) is 0.735. The van der Waals surface area contributed by atoms with Gasteiger partial charge in [0.25, 0.3) is 0 Å². The van der Waals surface area contributed by atoms with Crippen molar-refractivity contribution in [3.63, 3.8) is 0 Å². The summed E-state index contributed by atoms with van der Waals surface area (Å²) in [5.74, 6) is -0.622. The van der Waals surface area contributed by atoms with Gasteiger partial charge in [0.15, 0.2) is 0 Å². The third kappa shape index (κ3) is 3.19. The zero-order valence-electron chi connectivity index (χ0n) is 10.4. The van der Waals surface area contributed by atoms with E-state index in [4.69, 9.17) is 5.73 Å². The minimum Gasteiger partial charge on any atom is -0.382 e. The highest BCUT2D eigenvalue weighted by molar-refractivity contribution is 5.78. The first-order valence-electron chi connectivity index (χ1n) is 6.23. The number of aliphatic hydroxyl groups excluding tert-OH is 1. The van der Waals surface area contributed by atoms with E-state index in [0.717, 1.165) is 13.1 Å². The molecule has 1 unspecified atom stereocenters. The number of nitrogens with zero attached hydrogens (tertiary/aromatic N) is 1. The molecule has 94 valence electrons. The van der Waals surface area contributed by atoms with Gasteiger partial charge in [0.05, 0.1) is 0 Å². The molecular formula is C12H24N2O2. The van der Waals surface area contributed by atoms with Crippen molar-refractivity contribution in [1.29, 1.82) is 0 Å². The van der Waals surface area contributed by atoms with Gasteiger partial charge in [0, 0.05) is 19.6 Å². The molecule has 4 nitrogen and oxygen atoms in total. The number of carbonyl (C=O) groups is 1. The van der Waals surface area contributed by atoms with Crippen LogP contribution in [0.2, 0.25) is 0 Å². The normalized spacial score (nSPS) is 21.4. The lowest BCUT2D eigenvalue weighted by Gasteiger charge is -2.51. The number of aliphatic hydroxyl groups is 1. The summed E-state index contributed by atoms with van der Waals surface area (Å²) in [7, 11) is 0. The van der Waals surface area contributed by atoms with Crippen molar-refractivity contribution >= 4 is 5.91 Å². The fraction of sp³-hybridized carbons (Fsp3) is 0.917. The van der Waals surface area contributed by atoms with Gasteiger partial charge < -0.3 is 10.8 Å². The monoisotopic (exact) mass is 228 g/mol. The highest BCUT2D eigenvalue weighted by atomic mass is 16.3. The van der Waals surface area contributed by atoms with Crippen LogP contribution in [0.4, 0.5) is 0 Å². The molecule has 0 spiro atoms. The third-order valence-electron chi connectivity index (χ3n) is 3.44. The third-order valence-corrected chi connectivity index (χ3v) is 3.44. The molecule has 0 saturated carbocycles. The van der Waals surface area contributed by atoms with E-state index >= 15 is 0 Å². The average molecular weight is 228 g/mol. The number of carbonyl (C=O) groups excluding carboxylic acids is 1. The Labute approximate surface area is 97.8 Å². The predicted molar refractivity (Wildman–Crippen MR) is 63.9 cm³/mol. The van der Waals surface area contributed by atoms with Gasteiger partial charge in [-0.15, -0.1) is 0 Å². The number of amides is 1. The van der Waals surface area contributed by atoms with E-state index in [1.54, 1.807) is 0 Å². The van der Waals surface area contributed by atoms with E-state index < -0.39 is 12.0 Å². The fourth-order valence-electron chi connectivity index (χ4n) is 2.87. The van der Waals surface area contributed by atoms with Crippen LogP contribution < -0.4 is 5.73 Å². The number of β-amino-alcohol motifs (C(OH)–C–C–N with tert-alkyl or cyclic N) is 1. The summed E-state index contributed by atoms with van der Waals surface area (Å²) in [6.45, 7) is 6.80. The van der Waals surface area contributed by atoms with Crippen LogP contribution in [-0.2, 0) is 4.79 Å². The minimum absolute atomic E-state index is 0.393. The topological polar surface area (TPSA) is 66.6 Å². The molecule has 1 amide bonds. The Bertz CT molecular complexity index is 229. The molecule has 1 atom stereocenters. The Morgan fingerprint density at radius 2 is 1.88 bits per heavy atom. The van der Waals surface area contributed by atoms with Crippen LogP contribution in [0.25, 0.3) is 0 Å². The van der Waals surface area contributed by atoms with Gasteiger partial charge in [0.1, 0.15) is 6.10 Å². The highest BCUT2D eigenvalue weighted by Crippen LogP contribution is 2.39. The summed E-state index contributed by atoms with van der Waals surface area (Å²) >= 11 is 0. The smallest absolute Gasteiger partial charge is 0.247 e. The van der Waals surface area contributed by atoms with Gasteiger partial charge in [-0.05, 0) is 18.3 Å². The van der Waals surface area contributed by atoms with Crippen molar-refractivity contribution in [3.05, 3.63) is 0 Å². The van der Waals surface area contributed by atoms with E-state index in [9.17, 15) is 9.90 Å². The summed E-state index contributed by atoms with van der Waals surface area (Å²) in [5.41, 5.74) is 5.46. The summed E-state index contributed by atoms with van der Waals surface area (Å²) in [6.07, 6.45) is 3.87. The van der Waals surface area contributed by atoms with Crippen LogP contribution >= 0.6 is 0 Å². The standard InChI is InChI=1S/C12H24N2O2/c1-3-5-12(6-4-2)8-14(9-12)7-10(15)11(13)16/h10,15H,3-9H2,1-2H3,(H2,13,16). The van der Waals surface area contributed by atoms with Crippen molar-refractivity contribution in [2.75, 3.05) is 19.6 Å². The van der Waals surface area contributed by atoms with Crippen molar-refractivity contribution in [3.8, 4) is 0 Å². The van der Waals surface area contributed by atoms with E-state index in [1.165, 1.54) is 25.7 Å². The Kier molecular flexibility index (Phi) is 4.74. The Morgan fingerprint density at radius 1 is 1.38 bits per heavy atom. The van der Waals surface area contributed by atoms with E-state index in [2.05, 4.69) is 18.7 Å². The van der Waals surface area contributed by atoms with Gasteiger partial charge in [-0.2, -0.15) is 0 Å². The molecule has 0 aromatic carbocycles. The zero-order valence-corrected chi connectivity index (χ0v) is 10.4. The Hall–Kier alpha value is -0.610. The van der Waals surface area contributed by atoms with Crippen LogP contribution in [0, 0.1) is 5.41 Å². The maximum atomic E-state index is 10.7. The largest absolute Gasteiger partial charge is 0.382 e. The lowest BCUT2D eigenvalue weighted by Crippen LogP contribution is -2.58. The van der Waals surface area contributed by atoms with E-state index in [1.807, 2.05) is 0 Å². The maximum absolute atomic E-state index is 10.7. The van der Waals surface area contributed by atoms with Crippen LogP contribution in [0.3, 0.4) is 0 Å². The van der Waals surface area contributed by atoms with Crippen molar-refractivity contribution in [2.24, 2.45) is 11.1 Å². The molecule has 1 fully saturated rings. The molecule has 0 aromatic rings. The number of likely N-dealkylation sites (tertiary alicyclic amines) is 1. The second kappa shape index (κ2) is 5.64. The molecule has 1 heterocycles. The van der Waals surface area contributed by atoms with Crippen molar-refractivity contribution in [1.82, 2.24) is 4.90 Å². The SMILES string of the molecule is CCCC1(CCC)CN(CC(O)C(N)=O)C1. The van der Waals surface area contributed by atoms with Gasteiger partial charge >= 0.3 is 0 Å². The Morgan fingerprint density at radius 3 is 2.25 bits per heavy atom. The maximum Gasteiger partial charge on any atom is 0.247 e. The molecule has 0 aromatic heterocycles. The summed E-state index contributed by atoms with van der Waals surface area (Å²) < 4.78 is 0. The molecule has 0 aliphatic carbocycles. The number of nitrogens with two attached hydrogens (primary N) is 1. The van der Waals surface area contributed by atoms with Crippen LogP contribution in [0.5, 0.6) is 0 Å². The van der Waals surface area contributed by atoms with Crippen molar-refractivity contribution in [2.45, 2.75) is 45.6 Å². The lowest BCUT2D eigenvalue weighted by atomic mass is 9.72. The number of hydrogen-bond donors (Lipinski definition) is 2. The first kappa shape index (κ1) is 13.5. The van der Waals surface area contributed by atoms with Gasteiger partial charge in [-0.3, -0.25) is 9.69 Å². The first-order chi connectivity index (χ1) is 7.53. The Balaban J connectivity index is 2.35. The summed E-state index contributed by atoms with van der Waals surface area (Å²) in [6, 6.07) is 0. The molecule has 1 saturated heterocycles.